The first kappa shape index (κ1) is 10.7. The molecule has 0 atom stereocenters. The summed E-state index contributed by atoms with van der Waals surface area (Å²) in [6.45, 7) is 7.38. The van der Waals surface area contributed by atoms with Crippen LogP contribution in [0.3, 0.4) is 0 Å². The van der Waals surface area contributed by atoms with Crippen LogP contribution < -0.4 is 0 Å². The Balaban J connectivity index is 4.22. The molecule has 0 aliphatic carbocycles. The van der Waals surface area contributed by atoms with Crippen LogP contribution in [0.2, 0.25) is 0 Å². The van der Waals surface area contributed by atoms with Crippen LogP contribution in [0.25, 0.3) is 0 Å². The van der Waals surface area contributed by atoms with Gasteiger partial charge in [0.1, 0.15) is 5.67 Å². The quantitative estimate of drug-likeness (QED) is 0.545. The molecule has 0 aromatic carbocycles. The summed E-state index contributed by atoms with van der Waals surface area (Å²) >= 11 is 0. The van der Waals surface area contributed by atoms with Crippen molar-refractivity contribution in [3.63, 3.8) is 0 Å². The highest BCUT2D eigenvalue weighted by atomic mass is 19.1. The first-order valence-electron chi connectivity index (χ1n) is 4.40. The second-order valence-electron chi connectivity index (χ2n) is 3.36. The Morgan fingerprint density at radius 2 is 1.91 bits per heavy atom. The van der Waals surface area contributed by atoms with Crippen LogP contribution in [0.1, 0.15) is 47.0 Å². The highest BCUT2D eigenvalue weighted by Gasteiger charge is 2.19. The van der Waals surface area contributed by atoms with Crippen molar-refractivity contribution >= 4 is 0 Å². The number of alkyl halides is 1. The number of hydrogen-bond donors (Lipinski definition) is 0. The third-order valence-electron chi connectivity index (χ3n) is 1.73. The maximum Gasteiger partial charge on any atom is 0.126 e. The van der Waals surface area contributed by atoms with E-state index in [-0.39, 0.29) is 0 Å². The molecular formula is C10H19F. The minimum absolute atomic E-state index is 0.886. The fourth-order valence-electron chi connectivity index (χ4n) is 1.16. The van der Waals surface area contributed by atoms with Crippen molar-refractivity contribution in [3.05, 3.63) is 11.6 Å². The second kappa shape index (κ2) is 4.53. The molecule has 11 heavy (non-hydrogen) atoms. The minimum atomic E-state index is -1.12. The zero-order chi connectivity index (χ0) is 8.91. The van der Waals surface area contributed by atoms with E-state index in [1.54, 1.807) is 13.8 Å². The van der Waals surface area contributed by atoms with Gasteiger partial charge in [0.15, 0.2) is 0 Å². The predicted octanol–water partition coefficient (Wildman–Crippen LogP) is 3.87. The van der Waals surface area contributed by atoms with Gasteiger partial charge in [0, 0.05) is 0 Å². The van der Waals surface area contributed by atoms with Crippen molar-refractivity contribution in [2.75, 3.05) is 0 Å². The van der Waals surface area contributed by atoms with Gasteiger partial charge in [-0.1, -0.05) is 26.3 Å². The summed E-state index contributed by atoms with van der Waals surface area (Å²) in [5.74, 6) is 0. The highest BCUT2D eigenvalue weighted by Crippen LogP contribution is 2.24. The van der Waals surface area contributed by atoms with E-state index in [1.165, 1.54) is 0 Å². The standard InChI is InChI=1S/C10H19F/c1-5-7-9(8-6-2)10(3,4)11/h7H,5-6,8H2,1-4H3/b9-7+. The molecule has 0 aliphatic heterocycles. The molecule has 1 heteroatoms. The van der Waals surface area contributed by atoms with E-state index in [0.717, 1.165) is 24.8 Å². The van der Waals surface area contributed by atoms with Crippen LogP contribution in [0.5, 0.6) is 0 Å². The number of allylic oxidation sites excluding steroid dienone is 2. The molecule has 0 nitrogen and oxygen atoms in total. The van der Waals surface area contributed by atoms with Gasteiger partial charge in [-0.25, -0.2) is 4.39 Å². The van der Waals surface area contributed by atoms with Crippen LogP contribution in [-0.4, -0.2) is 5.67 Å². The summed E-state index contributed by atoms with van der Waals surface area (Å²) in [6.07, 6.45) is 4.85. The van der Waals surface area contributed by atoms with Crippen LogP contribution in [0, 0.1) is 0 Å². The Morgan fingerprint density at radius 1 is 1.36 bits per heavy atom. The maximum atomic E-state index is 13.4. The summed E-state index contributed by atoms with van der Waals surface area (Å²) < 4.78 is 13.4. The molecule has 0 rings (SSSR count). The van der Waals surface area contributed by atoms with E-state index in [9.17, 15) is 4.39 Å². The van der Waals surface area contributed by atoms with Gasteiger partial charge in [0.05, 0.1) is 0 Å². The molecule has 0 N–H and O–H groups in total. The fourth-order valence-corrected chi connectivity index (χ4v) is 1.16. The second-order valence-corrected chi connectivity index (χ2v) is 3.36. The van der Waals surface area contributed by atoms with Crippen molar-refractivity contribution in [2.24, 2.45) is 0 Å². The Bertz CT molecular complexity index is 128. The van der Waals surface area contributed by atoms with E-state index >= 15 is 0 Å². The SMILES string of the molecule is CC/C=C(\CCC)C(C)(C)F. The molecule has 0 aromatic rings. The molecular weight excluding hydrogens is 139 g/mol. The summed E-state index contributed by atoms with van der Waals surface area (Å²) in [5.41, 5.74) is -0.172. The summed E-state index contributed by atoms with van der Waals surface area (Å²) in [4.78, 5) is 0. The third kappa shape index (κ3) is 4.18. The lowest BCUT2D eigenvalue weighted by molar-refractivity contribution is 0.260. The summed E-state index contributed by atoms with van der Waals surface area (Å²) in [6, 6.07) is 0. The Labute approximate surface area is 69.5 Å². The largest absolute Gasteiger partial charge is 0.240 e. The van der Waals surface area contributed by atoms with Gasteiger partial charge >= 0.3 is 0 Å². The fraction of sp³-hybridized carbons (Fsp3) is 0.800. The molecule has 0 heterocycles. The van der Waals surface area contributed by atoms with Crippen LogP contribution in [-0.2, 0) is 0 Å². The van der Waals surface area contributed by atoms with Gasteiger partial charge in [-0.15, -0.1) is 0 Å². The molecule has 0 spiro atoms. The molecule has 66 valence electrons. The minimum Gasteiger partial charge on any atom is -0.240 e. The highest BCUT2D eigenvalue weighted by molar-refractivity contribution is 5.13. The zero-order valence-corrected chi connectivity index (χ0v) is 8.08. The molecule has 0 fully saturated rings. The van der Waals surface area contributed by atoms with Gasteiger partial charge < -0.3 is 0 Å². The van der Waals surface area contributed by atoms with Crippen molar-refractivity contribution in [1.82, 2.24) is 0 Å². The van der Waals surface area contributed by atoms with Crippen LogP contribution >= 0.6 is 0 Å². The smallest absolute Gasteiger partial charge is 0.126 e. The van der Waals surface area contributed by atoms with E-state index in [2.05, 4.69) is 6.92 Å². The molecule has 0 unspecified atom stereocenters. The summed E-state index contributed by atoms with van der Waals surface area (Å²) in [5, 5.41) is 0. The molecule has 0 radical (unpaired) electrons. The predicted molar refractivity (Wildman–Crippen MR) is 48.5 cm³/mol. The lowest BCUT2D eigenvalue weighted by atomic mass is 9.95. The first-order valence-corrected chi connectivity index (χ1v) is 4.40. The van der Waals surface area contributed by atoms with Gasteiger partial charge in [-0.3, -0.25) is 0 Å². The topological polar surface area (TPSA) is 0 Å². The number of halogens is 1. The average molecular weight is 158 g/mol. The monoisotopic (exact) mass is 158 g/mol. The number of hydrogen-bond acceptors (Lipinski definition) is 0. The molecule has 0 saturated carbocycles. The normalized spacial score (nSPS) is 13.7. The van der Waals surface area contributed by atoms with Gasteiger partial charge in [-0.05, 0) is 32.3 Å². The van der Waals surface area contributed by atoms with Crippen LogP contribution in [0.4, 0.5) is 4.39 Å². The molecule has 0 aromatic heterocycles. The van der Waals surface area contributed by atoms with Crippen molar-refractivity contribution in [2.45, 2.75) is 52.6 Å². The van der Waals surface area contributed by atoms with E-state index in [4.69, 9.17) is 0 Å². The van der Waals surface area contributed by atoms with Gasteiger partial charge in [-0.2, -0.15) is 0 Å². The molecule has 0 aliphatic rings. The van der Waals surface area contributed by atoms with E-state index < -0.39 is 5.67 Å². The maximum absolute atomic E-state index is 13.4. The summed E-state index contributed by atoms with van der Waals surface area (Å²) in [7, 11) is 0. The number of rotatable bonds is 4. The van der Waals surface area contributed by atoms with E-state index in [0.29, 0.717) is 0 Å². The lowest BCUT2D eigenvalue weighted by Crippen LogP contribution is -2.15. The Morgan fingerprint density at radius 3 is 2.18 bits per heavy atom. The Kier molecular flexibility index (Phi) is 4.39. The molecule has 0 bridgehead atoms. The van der Waals surface area contributed by atoms with Crippen molar-refractivity contribution < 1.29 is 4.39 Å². The lowest BCUT2D eigenvalue weighted by Gasteiger charge is -2.18. The molecule has 0 amide bonds. The zero-order valence-electron chi connectivity index (χ0n) is 8.08. The van der Waals surface area contributed by atoms with Gasteiger partial charge in [0.2, 0.25) is 0 Å². The van der Waals surface area contributed by atoms with Crippen molar-refractivity contribution in [1.29, 1.82) is 0 Å². The van der Waals surface area contributed by atoms with Crippen LogP contribution in [0.15, 0.2) is 11.6 Å². The van der Waals surface area contributed by atoms with Gasteiger partial charge in [0.25, 0.3) is 0 Å². The first-order chi connectivity index (χ1) is 5.02. The van der Waals surface area contributed by atoms with E-state index in [1.807, 2.05) is 13.0 Å². The Hall–Kier alpha value is -0.330. The molecule has 0 saturated heterocycles. The van der Waals surface area contributed by atoms with Crippen molar-refractivity contribution in [3.8, 4) is 0 Å². The average Bonchev–Trinajstić information content (AvgIpc) is 1.85. The third-order valence-corrected chi connectivity index (χ3v) is 1.73.